The minimum atomic E-state index is -4.46. The third-order valence-corrected chi connectivity index (χ3v) is 3.29. The van der Waals surface area contributed by atoms with Gasteiger partial charge in [-0.05, 0) is 6.07 Å². The topological polar surface area (TPSA) is 66.8 Å². The molecule has 2 rings (SSSR count). The lowest BCUT2D eigenvalue weighted by Gasteiger charge is -2.27. The number of hydrogen-bond donors (Lipinski definition) is 1. The molecule has 0 fully saturated rings. The molecule has 0 aromatic heterocycles. The van der Waals surface area contributed by atoms with Crippen LogP contribution in [0.5, 0.6) is 5.75 Å². The molecule has 0 aliphatic carbocycles. The quantitative estimate of drug-likeness (QED) is 0.929. The van der Waals surface area contributed by atoms with Crippen LogP contribution in [0.15, 0.2) is 24.3 Å². The van der Waals surface area contributed by atoms with E-state index < -0.39 is 36.9 Å². The van der Waals surface area contributed by atoms with Gasteiger partial charge in [-0.1, -0.05) is 18.2 Å². The van der Waals surface area contributed by atoms with Gasteiger partial charge in [0.25, 0.3) is 0 Å². The van der Waals surface area contributed by atoms with Crippen molar-refractivity contribution >= 4 is 11.9 Å². The fourth-order valence-corrected chi connectivity index (χ4v) is 2.32. The number of carbonyl (C=O) groups is 2. The third kappa shape index (κ3) is 3.69. The number of carboxylic acid groups (broad SMARTS) is 1. The monoisotopic (exact) mass is 317 g/mol. The van der Waals surface area contributed by atoms with E-state index in [-0.39, 0.29) is 18.7 Å². The zero-order chi connectivity index (χ0) is 16.3. The van der Waals surface area contributed by atoms with Crippen molar-refractivity contribution in [3.8, 4) is 5.75 Å². The number of fused-ring (bicyclic) bond motifs is 1. The van der Waals surface area contributed by atoms with E-state index in [2.05, 4.69) is 0 Å². The molecule has 1 unspecified atom stereocenters. The second kappa shape index (κ2) is 6.25. The van der Waals surface area contributed by atoms with Gasteiger partial charge in [-0.25, -0.2) is 4.79 Å². The van der Waals surface area contributed by atoms with Crippen LogP contribution in [0.3, 0.4) is 0 Å². The fourth-order valence-electron chi connectivity index (χ4n) is 2.32. The molecule has 1 amide bonds. The zero-order valence-electron chi connectivity index (χ0n) is 11.5. The molecule has 22 heavy (non-hydrogen) atoms. The number of hydrogen-bond acceptors (Lipinski definition) is 3. The first-order valence-electron chi connectivity index (χ1n) is 6.60. The summed E-state index contributed by atoms with van der Waals surface area (Å²) in [6.45, 7) is -0.0547. The molecule has 5 nitrogen and oxygen atoms in total. The molecule has 0 bridgehead atoms. The number of nitrogens with zero attached hydrogens (tertiary/aromatic N) is 1. The van der Waals surface area contributed by atoms with Crippen LogP contribution in [-0.4, -0.2) is 41.2 Å². The highest BCUT2D eigenvalue weighted by Crippen LogP contribution is 2.33. The van der Waals surface area contributed by atoms with Gasteiger partial charge in [-0.15, -0.1) is 0 Å². The number of para-hydroxylation sites is 1. The van der Waals surface area contributed by atoms with Crippen LogP contribution >= 0.6 is 0 Å². The number of alkyl halides is 3. The van der Waals surface area contributed by atoms with Crippen LogP contribution in [-0.2, 0) is 9.59 Å². The molecule has 8 heteroatoms. The van der Waals surface area contributed by atoms with Gasteiger partial charge in [0.1, 0.15) is 12.4 Å². The van der Waals surface area contributed by atoms with E-state index in [1.807, 2.05) is 0 Å². The van der Waals surface area contributed by atoms with Gasteiger partial charge < -0.3 is 14.7 Å². The van der Waals surface area contributed by atoms with Gasteiger partial charge in [0, 0.05) is 12.0 Å². The summed E-state index contributed by atoms with van der Waals surface area (Å²) in [6, 6.07) is 4.94. The van der Waals surface area contributed by atoms with Crippen LogP contribution in [0.1, 0.15) is 24.4 Å². The van der Waals surface area contributed by atoms with E-state index >= 15 is 0 Å². The highest BCUT2D eigenvalue weighted by molar-refractivity contribution is 5.85. The number of rotatable bonds is 3. The zero-order valence-corrected chi connectivity index (χ0v) is 11.5. The maximum absolute atomic E-state index is 12.2. The predicted molar refractivity (Wildman–Crippen MR) is 69.3 cm³/mol. The Morgan fingerprint density at radius 2 is 2.00 bits per heavy atom. The lowest BCUT2D eigenvalue weighted by atomic mass is 10.0. The summed E-state index contributed by atoms with van der Waals surface area (Å²) in [4.78, 5) is 24.5. The maximum Gasteiger partial charge on any atom is 0.389 e. The highest BCUT2D eigenvalue weighted by atomic mass is 19.4. The molecule has 0 radical (unpaired) electrons. The molecule has 0 spiro atoms. The Kier molecular flexibility index (Phi) is 4.58. The van der Waals surface area contributed by atoms with Crippen LogP contribution in [0.2, 0.25) is 0 Å². The maximum atomic E-state index is 12.2. The lowest BCUT2D eigenvalue weighted by Crippen LogP contribution is -2.40. The Bertz CT molecular complexity index is 573. The van der Waals surface area contributed by atoms with Gasteiger partial charge in [0.15, 0.2) is 6.04 Å². The summed E-state index contributed by atoms with van der Waals surface area (Å²) in [6.07, 6.45) is -6.53. The summed E-state index contributed by atoms with van der Waals surface area (Å²) in [5.41, 5.74) is 0.257. The lowest BCUT2D eigenvalue weighted by molar-refractivity contribution is -0.156. The van der Waals surface area contributed by atoms with Crippen molar-refractivity contribution in [3.05, 3.63) is 29.8 Å². The Morgan fingerprint density at radius 3 is 2.64 bits per heavy atom. The Hall–Kier alpha value is -2.25. The first-order valence-corrected chi connectivity index (χ1v) is 6.60. The fraction of sp³-hybridized carbons (Fsp3) is 0.429. The molecule has 1 aromatic carbocycles. The third-order valence-electron chi connectivity index (χ3n) is 3.29. The summed E-state index contributed by atoms with van der Waals surface area (Å²) < 4.78 is 42.1. The second-order valence-electron chi connectivity index (χ2n) is 4.83. The molecule has 1 heterocycles. The van der Waals surface area contributed by atoms with Crippen LogP contribution < -0.4 is 4.74 Å². The van der Waals surface area contributed by atoms with Crippen molar-refractivity contribution in [1.29, 1.82) is 0 Å². The van der Waals surface area contributed by atoms with E-state index in [1.54, 1.807) is 18.2 Å². The Morgan fingerprint density at radius 1 is 1.32 bits per heavy atom. The summed E-state index contributed by atoms with van der Waals surface area (Å²) in [7, 11) is 0. The van der Waals surface area contributed by atoms with Crippen LogP contribution in [0.25, 0.3) is 0 Å². The molecule has 0 saturated heterocycles. The van der Waals surface area contributed by atoms with Gasteiger partial charge >= 0.3 is 12.1 Å². The standard InChI is InChI=1S/C14H14F3NO4/c15-14(16,17)6-5-11(19)18-7-8-22-10-4-2-1-3-9(10)12(18)13(20)21/h1-4,12H,5-8H2,(H,20,21). The van der Waals surface area contributed by atoms with E-state index in [9.17, 15) is 27.9 Å². The summed E-state index contributed by atoms with van der Waals surface area (Å²) in [5, 5.41) is 9.39. The number of carbonyl (C=O) groups excluding carboxylic acids is 1. The SMILES string of the molecule is O=C(O)C1c2ccccc2OCCN1C(=O)CCC(F)(F)F. The van der Waals surface area contributed by atoms with Gasteiger partial charge in [0.05, 0.1) is 13.0 Å². The van der Waals surface area contributed by atoms with Crippen LogP contribution in [0.4, 0.5) is 13.2 Å². The second-order valence-corrected chi connectivity index (χ2v) is 4.83. The first kappa shape index (κ1) is 16.1. The first-order chi connectivity index (χ1) is 10.3. The van der Waals surface area contributed by atoms with Gasteiger partial charge in [0.2, 0.25) is 5.91 Å². The molecule has 1 aliphatic rings. The molecule has 0 saturated carbocycles. The van der Waals surface area contributed by atoms with E-state index in [4.69, 9.17) is 4.74 Å². The number of amides is 1. The number of halogens is 3. The summed E-state index contributed by atoms with van der Waals surface area (Å²) in [5.74, 6) is -1.84. The Balaban J connectivity index is 2.26. The molecular weight excluding hydrogens is 303 g/mol. The van der Waals surface area contributed by atoms with Crippen molar-refractivity contribution < 1.29 is 32.6 Å². The normalized spacial score (nSPS) is 18.1. The number of carboxylic acids is 1. The van der Waals surface area contributed by atoms with Crippen molar-refractivity contribution in [3.63, 3.8) is 0 Å². The number of benzene rings is 1. The van der Waals surface area contributed by atoms with Gasteiger partial charge in [-0.2, -0.15) is 13.2 Å². The Labute approximate surface area is 124 Å². The van der Waals surface area contributed by atoms with Crippen molar-refractivity contribution in [2.45, 2.75) is 25.1 Å². The molecule has 120 valence electrons. The molecule has 1 aliphatic heterocycles. The minimum absolute atomic E-state index is 0.0263. The molecule has 1 atom stereocenters. The number of aliphatic carboxylic acids is 1. The largest absolute Gasteiger partial charge is 0.491 e. The average Bonchev–Trinajstić information content (AvgIpc) is 2.63. The van der Waals surface area contributed by atoms with E-state index in [0.29, 0.717) is 5.75 Å². The molecular formula is C14H14F3NO4. The van der Waals surface area contributed by atoms with E-state index in [1.165, 1.54) is 6.07 Å². The summed E-state index contributed by atoms with van der Waals surface area (Å²) >= 11 is 0. The van der Waals surface area contributed by atoms with Crippen molar-refractivity contribution in [2.75, 3.05) is 13.2 Å². The predicted octanol–water partition coefficient (Wildman–Crippen LogP) is 2.38. The molecule has 1 aromatic rings. The highest BCUT2D eigenvalue weighted by Gasteiger charge is 2.37. The average molecular weight is 317 g/mol. The van der Waals surface area contributed by atoms with Crippen molar-refractivity contribution in [2.24, 2.45) is 0 Å². The van der Waals surface area contributed by atoms with Crippen molar-refractivity contribution in [1.82, 2.24) is 4.90 Å². The molecule has 1 N–H and O–H groups in total. The van der Waals surface area contributed by atoms with Gasteiger partial charge in [-0.3, -0.25) is 4.79 Å². The van der Waals surface area contributed by atoms with Crippen LogP contribution in [0, 0.1) is 0 Å². The number of ether oxygens (including phenoxy) is 1. The van der Waals surface area contributed by atoms with E-state index in [0.717, 1.165) is 4.90 Å². The smallest absolute Gasteiger partial charge is 0.389 e. The minimum Gasteiger partial charge on any atom is -0.491 e.